The molecule has 304 valence electrons. The number of aliphatic hydroxyl groups excluding tert-OH is 1. The van der Waals surface area contributed by atoms with E-state index in [0.717, 1.165) is 63.5 Å². The Morgan fingerprint density at radius 2 is 1.56 bits per heavy atom. The monoisotopic (exact) mass is 753 g/mol. The highest BCUT2D eigenvalue weighted by Crippen LogP contribution is 2.77. The summed E-state index contributed by atoms with van der Waals surface area (Å²) < 4.78 is 6.17. The standard InChI is InChI=1S/C45H72N2O7/c1-27(2)37-30(48)22-45(33(49)25-47(24-28-12-13-28)26-35(50)46(10)11)21-20-43(8)29(38(37)45)14-15-32-42(7)18-17-34(54-36(51)23-40(3,4)39(52)53)41(5,6)31(42)16-19-44(32,43)9/h27-29,31-34,49H,12-26H2,1-11H3,(H,52,53)/t29-,31+,32-,33?,34+,42+,43-,44-,45?/m1/s1. The number of amides is 1. The van der Waals surface area contributed by atoms with Gasteiger partial charge in [-0.2, -0.15) is 0 Å². The van der Waals surface area contributed by atoms with Crippen molar-refractivity contribution >= 4 is 23.6 Å². The minimum Gasteiger partial charge on any atom is -0.481 e. The Labute approximate surface area is 325 Å². The average molecular weight is 753 g/mol. The third-order valence-corrected chi connectivity index (χ3v) is 17.0. The molecular weight excluding hydrogens is 681 g/mol. The van der Waals surface area contributed by atoms with Crippen molar-refractivity contribution in [1.82, 2.24) is 9.80 Å². The van der Waals surface area contributed by atoms with E-state index in [2.05, 4.69) is 53.4 Å². The first-order chi connectivity index (χ1) is 24.9. The molecule has 5 fully saturated rings. The van der Waals surface area contributed by atoms with Crippen LogP contribution in [0, 0.1) is 62.1 Å². The molecule has 0 aromatic carbocycles. The Morgan fingerprint density at radius 1 is 0.889 bits per heavy atom. The number of hydrogen-bond donors (Lipinski definition) is 2. The van der Waals surface area contributed by atoms with E-state index in [4.69, 9.17) is 4.74 Å². The number of carbonyl (C=O) groups is 4. The van der Waals surface area contributed by atoms with Gasteiger partial charge < -0.3 is 19.8 Å². The highest BCUT2D eigenvalue weighted by molar-refractivity contribution is 6.00. The summed E-state index contributed by atoms with van der Waals surface area (Å²) in [5, 5.41) is 22.1. The summed E-state index contributed by atoms with van der Waals surface area (Å²) in [5.74, 6) is 0.541. The number of ketones is 1. The number of nitrogens with zero attached hydrogens (tertiary/aromatic N) is 2. The van der Waals surface area contributed by atoms with E-state index in [-0.39, 0.29) is 64.3 Å². The Kier molecular flexibility index (Phi) is 10.7. The molecule has 0 aromatic heterocycles. The van der Waals surface area contributed by atoms with Crippen LogP contribution in [0.2, 0.25) is 0 Å². The average Bonchev–Trinajstić information content (AvgIpc) is 3.81. The molecular formula is C45H72N2O7. The summed E-state index contributed by atoms with van der Waals surface area (Å²) in [4.78, 5) is 55.8. The molecule has 0 radical (unpaired) electrons. The fourth-order valence-corrected chi connectivity index (χ4v) is 13.5. The minimum atomic E-state index is -1.17. The quantitative estimate of drug-likeness (QED) is 0.196. The molecule has 2 unspecified atom stereocenters. The van der Waals surface area contributed by atoms with E-state index >= 15 is 0 Å². The summed E-state index contributed by atoms with van der Waals surface area (Å²) in [6.07, 6.45) is 9.26. The van der Waals surface area contributed by atoms with Crippen molar-refractivity contribution in [3.63, 3.8) is 0 Å². The van der Waals surface area contributed by atoms with E-state index in [1.54, 1.807) is 32.8 Å². The third-order valence-electron chi connectivity index (χ3n) is 17.0. The highest BCUT2D eigenvalue weighted by Gasteiger charge is 2.71. The molecule has 6 rings (SSSR count). The predicted octanol–water partition coefficient (Wildman–Crippen LogP) is 7.54. The number of rotatable bonds is 12. The number of carboxylic acid groups (broad SMARTS) is 1. The van der Waals surface area contributed by atoms with Gasteiger partial charge in [-0.15, -0.1) is 0 Å². The first kappa shape index (κ1) is 41.4. The molecule has 9 nitrogen and oxygen atoms in total. The molecule has 54 heavy (non-hydrogen) atoms. The zero-order valence-electron chi connectivity index (χ0n) is 35.5. The smallest absolute Gasteiger partial charge is 0.309 e. The van der Waals surface area contributed by atoms with E-state index in [1.165, 1.54) is 18.4 Å². The molecule has 0 aliphatic heterocycles. The van der Waals surface area contributed by atoms with Gasteiger partial charge >= 0.3 is 11.9 Å². The van der Waals surface area contributed by atoms with Crippen molar-refractivity contribution in [3.05, 3.63) is 11.1 Å². The van der Waals surface area contributed by atoms with Crippen LogP contribution in [-0.4, -0.2) is 89.6 Å². The molecule has 0 bridgehead atoms. The maximum absolute atomic E-state index is 14.2. The third kappa shape index (κ3) is 6.61. The molecule has 1 amide bonds. The van der Waals surface area contributed by atoms with Gasteiger partial charge in [-0.05, 0) is 129 Å². The number of aliphatic carboxylic acids is 1. The van der Waals surface area contributed by atoms with Crippen LogP contribution in [0.3, 0.4) is 0 Å². The SMILES string of the molecule is CC(C)C1=C2[C@H]3CC[C@@H]4[C@@]5(C)CC[C@H](OC(=O)CC(C)(C)C(=O)O)C(C)(C)[C@@H]5CC[C@@]4(C)[C@]3(C)CCC2(C(O)CN(CC(=O)N(C)C)CC2CC2)CC1=O. The van der Waals surface area contributed by atoms with Crippen LogP contribution < -0.4 is 0 Å². The Bertz CT molecular complexity index is 1560. The molecule has 0 spiro atoms. The Balaban J connectivity index is 1.28. The van der Waals surface area contributed by atoms with Crippen molar-refractivity contribution < 1.29 is 34.1 Å². The van der Waals surface area contributed by atoms with E-state index in [0.29, 0.717) is 30.7 Å². The van der Waals surface area contributed by atoms with E-state index < -0.39 is 28.9 Å². The zero-order valence-corrected chi connectivity index (χ0v) is 35.5. The lowest BCUT2D eigenvalue weighted by molar-refractivity contribution is -0.235. The fraction of sp³-hybridized carbons (Fsp3) is 0.867. The van der Waals surface area contributed by atoms with Crippen molar-refractivity contribution in [2.45, 2.75) is 152 Å². The molecule has 5 saturated carbocycles. The lowest BCUT2D eigenvalue weighted by Gasteiger charge is -2.72. The molecule has 0 heterocycles. The highest BCUT2D eigenvalue weighted by atomic mass is 16.5. The van der Waals surface area contributed by atoms with E-state index in [1.807, 2.05) is 0 Å². The number of likely N-dealkylation sites (N-methyl/N-ethyl adjacent to an activating group) is 1. The van der Waals surface area contributed by atoms with E-state index in [9.17, 15) is 29.4 Å². The van der Waals surface area contributed by atoms with Gasteiger partial charge in [0.15, 0.2) is 5.78 Å². The van der Waals surface area contributed by atoms with Crippen molar-refractivity contribution in [2.24, 2.45) is 62.1 Å². The molecule has 0 saturated heterocycles. The second kappa shape index (κ2) is 14.0. The minimum absolute atomic E-state index is 0.0280. The van der Waals surface area contributed by atoms with Gasteiger partial charge in [0.25, 0.3) is 0 Å². The van der Waals surface area contributed by atoms with Crippen molar-refractivity contribution in [3.8, 4) is 0 Å². The van der Waals surface area contributed by atoms with Crippen LogP contribution in [0.15, 0.2) is 11.1 Å². The van der Waals surface area contributed by atoms with Crippen LogP contribution in [0.1, 0.15) is 139 Å². The van der Waals surface area contributed by atoms with Gasteiger partial charge in [-0.3, -0.25) is 24.1 Å². The summed E-state index contributed by atoms with van der Waals surface area (Å²) in [5.41, 5.74) is 0.248. The fourth-order valence-electron chi connectivity index (χ4n) is 13.5. The number of fused-ring (bicyclic) bond motifs is 7. The summed E-state index contributed by atoms with van der Waals surface area (Å²) >= 11 is 0. The number of carboxylic acids is 1. The number of esters is 1. The zero-order chi connectivity index (χ0) is 40.0. The topological polar surface area (TPSA) is 124 Å². The van der Waals surface area contributed by atoms with Gasteiger partial charge in [0.2, 0.25) is 5.91 Å². The number of allylic oxidation sites excluding steroid dienone is 1. The second-order valence-corrected chi connectivity index (χ2v) is 21.5. The molecule has 9 heteroatoms. The summed E-state index contributed by atoms with van der Waals surface area (Å²) in [6, 6.07) is 0. The van der Waals surface area contributed by atoms with Gasteiger partial charge in [0.05, 0.1) is 24.5 Å². The normalized spacial score (nSPS) is 38.0. The van der Waals surface area contributed by atoms with Crippen LogP contribution in [0.4, 0.5) is 0 Å². The molecule has 0 aromatic rings. The maximum atomic E-state index is 14.2. The Hall–Kier alpha value is -2.26. The Morgan fingerprint density at radius 3 is 2.15 bits per heavy atom. The van der Waals surface area contributed by atoms with Crippen LogP contribution in [-0.2, 0) is 23.9 Å². The van der Waals surface area contributed by atoms with Gasteiger partial charge in [-0.25, -0.2) is 0 Å². The van der Waals surface area contributed by atoms with Crippen molar-refractivity contribution in [1.29, 1.82) is 0 Å². The largest absolute Gasteiger partial charge is 0.481 e. The maximum Gasteiger partial charge on any atom is 0.309 e. The van der Waals surface area contributed by atoms with Crippen LogP contribution >= 0.6 is 0 Å². The number of Topliss-reactive ketones (excluding diaryl/α,β-unsaturated/α-hetero) is 1. The lowest BCUT2D eigenvalue weighted by Crippen LogP contribution is -2.66. The van der Waals surface area contributed by atoms with Crippen LogP contribution in [0.25, 0.3) is 0 Å². The second-order valence-electron chi connectivity index (χ2n) is 21.5. The molecule has 9 atom stereocenters. The number of ether oxygens (including phenoxy) is 1. The first-order valence-corrected chi connectivity index (χ1v) is 21.3. The molecule has 2 N–H and O–H groups in total. The van der Waals surface area contributed by atoms with Gasteiger partial charge in [0.1, 0.15) is 6.10 Å². The van der Waals surface area contributed by atoms with Gasteiger partial charge in [0, 0.05) is 44.4 Å². The number of hydrogen-bond acceptors (Lipinski definition) is 7. The van der Waals surface area contributed by atoms with Crippen LogP contribution in [0.5, 0.6) is 0 Å². The van der Waals surface area contributed by atoms with Crippen molar-refractivity contribution in [2.75, 3.05) is 33.7 Å². The lowest BCUT2D eigenvalue weighted by atomic mass is 9.33. The predicted molar refractivity (Wildman–Crippen MR) is 209 cm³/mol. The molecule has 6 aliphatic carbocycles. The first-order valence-electron chi connectivity index (χ1n) is 21.3. The number of carbonyl (C=O) groups excluding carboxylic acids is 3. The summed E-state index contributed by atoms with van der Waals surface area (Å²) in [7, 11) is 3.58. The summed E-state index contributed by atoms with van der Waals surface area (Å²) in [6.45, 7) is 21.1. The number of aliphatic hydroxyl groups is 1. The molecule has 6 aliphatic rings. The van der Waals surface area contributed by atoms with Gasteiger partial charge in [-0.1, -0.05) is 54.0 Å².